The van der Waals surface area contributed by atoms with Gasteiger partial charge < -0.3 is 11.3 Å². The number of hydrogen-bond acceptors (Lipinski definition) is 1. The second kappa shape index (κ2) is 5.32. The minimum Gasteiger partial charge on any atom is -0.326 e. The quantitative estimate of drug-likeness (QED) is 0.666. The van der Waals surface area contributed by atoms with Crippen molar-refractivity contribution in [1.82, 2.24) is 4.90 Å². The Hall–Kier alpha value is 0.648. The molecule has 1 aliphatic heterocycles. The summed E-state index contributed by atoms with van der Waals surface area (Å²) in [6.45, 7) is 7.09. The van der Waals surface area contributed by atoms with Gasteiger partial charge in [0.15, 0.2) is 0 Å². The van der Waals surface area contributed by atoms with Gasteiger partial charge in [-0.3, -0.25) is 0 Å². The third kappa shape index (κ3) is 3.16. The molecule has 0 spiro atoms. The minimum absolute atomic E-state index is 0. The zero-order chi connectivity index (χ0) is 6.69. The van der Waals surface area contributed by atoms with Crippen LogP contribution in [0.3, 0.4) is 0 Å². The molecule has 2 heteroatoms. The molecule has 10 heavy (non-hydrogen) atoms. The minimum atomic E-state index is 0. The SMILES string of the molecule is CC(C)N1CC[CH-]CC1.[W]. The van der Waals surface area contributed by atoms with Crippen molar-refractivity contribution in [1.29, 1.82) is 0 Å². The van der Waals surface area contributed by atoms with E-state index < -0.39 is 0 Å². The molecule has 0 aliphatic carbocycles. The zero-order valence-electron chi connectivity index (χ0n) is 6.84. The summed E-state index contributed by atoms with van der Waals surface area (Å²) in [5.74, 6) is 0. The van der Waals surface area contributed by atoms with Crippen molar-refractivity contribution < 1.29 is 21.1 Å². The van der Waals surface area contributed by atoms with Gasteiger partial charge in [-0.2, -0.15) is 12.8 Å². The average Bonchev–Trinajstić information content (AvgIpc) is 1.90. The van der Waals surface area contributed by atoms with Crippen molar-refractivity contribution in [2.45, 2.75) is 32.7 Å². The first-order chi connectivity index (χ1) is 4.30. The molecule has 1 nitrogen and oxygen atoms in total. The van der Waals surface area contributed by atoms with E-state index in [1.54, 1.807) is 0 Å². The summed E-state index contributed by atoms with van der Waals surface area (Å²) in [7, 11) is 0. The Bertz CT molecular complexity index is 77.3. The van der Waals surface area contributed by atoms with Crippen LogP contribution >= 0.6 is 0 Å². The number of rotatable bonds is 1. The second-order valence-electron chi connectivity index (χ2n) is 3.00. The van der Waals surface area contributed by atoms with Crippen LogP contribution in [0.25, 0.3) is 0 Å². The van der Waals surface area contributed by atoms with Gasteiger partial charge in [0.05, 0.1) is 0 Å². The number of hydrogen-bond donors (Lipinski definition) is 0. The molecule has 1 heterocycles. The van der Waals surface area contributed by atoms with Crippen molar-refractivity contribution in [2.75, 3.05) is 13.1 Å². The van der Waals surface area contributed by atoms with Crippen LogP contribution in [0.4, 0.5) is 0 Å². The Balaban J connectivity index is 0.000000810. The summed E-state index contributed by atoms with van der Waals surface area (Å²) < 4.78 is 0. The summed E-state index contributed by atoms with van der Waals surface area (Å²) in [6.07, 6.45) is 4.97. The zero-order valence-corrected chi connectivity index (χ0v) is 9.77. The normalized spacial score (nSPS) is 20.7. The Morgan fingerprint density at radius 2 is 1.70 bits per heavy atom. The van der Waals surface area contributed by atoms with E-state index >= 15 is 0 Å². The first-order valence-electron chi connectivity index (χ1n) is 3.86. The molecule has 0 aromatic rings. The molecule has 1 fully saturated rings. The Morgan fingerprint density at radius 1 is 1.20 bits per heavy atom. The van der Waals surface area contributed by atoms with Crippen LogP contribution in [0.1, 0.15) is 26.7 Å². The van der Waals surface area contributed by atoms with Crippen LogP contribution in [-0.2, 0) is 21.1 Å². The van der Waals surface area contributed by atoms with E-state index in [-0.39, 0.29) is 21.1 Å². The molecular formula is C8H16NW-. The van der Waals surface area contributed by atoms with Gasteiger partial charge in [-0.25, -0.2) is 0 Å². The fraction of sp³-hybridized carbons (Fsp3) is 0.875. The van der Waals surface area contributed by atoms with Crippen LogP contribution in [0, 0.1) is 6.42 Å². The van der Waals surface area contributed by atoms with Crippen LogP contribution in [-0.4, -0.2) is 24.0 Å². The largest absolute Gasteiger partial charge is 0.326 e. The van der Waals surface area contributed by atoms with Crippen LogP contribution in [0.15, 0.2) is 0 Å². The summed E-state index contributed by atoms with van der Waals surface area (Å²) in [5, 5.41) is 0. The van der Waals surface area contributed by atoms with Gasteiger partial charge in [-0.15, -0.1) is 0 Å². The van der Waals surface area contributed by atoms with Crippen molar-refractivity contribution in [3.05, 3.63) is 6.42 Å². The second-order valence-corrected chi connectivity index (χ2v) is 3.00. The van der Waals surface area contributed by atoms with E-state index in [1.807, 2.05) is 0 Å². The molecule has 60 valence electrons. The molecule has 0 amide bonds. The summed E-state index contributed by atoms with van der Waals surface area (Å²) >= 11 is 0. The third-order valence-electron chi connectivity index (χ3n) is 1.97. The molecule has 0 saturated carbocycles. The number of likely N-dealkylation sites (tertiary alicyclic amines) is 1. The summed E-state index contributed by atoms with van der Waals surface area (Å²) in [4.78, 5) is 2.53. The van der Waals surface area contributed by atoms with Crippen molar-refractivity contribution in [3.8, 4) is 0 Å². The average molecular weight is 310 g/mol. The maximum absolute atomic E-state index is 2.53. The van der Waals surface area contributed by atoms with E-state index in [4.69, 9.17) is 0 Å². The van der Waals surface area contributed by atoms with Gasteiger partial charge in [0.1, 0.15) is 0 Å². The first-order valence-corrected chi connectivity index (χ1v) is 3.86. The van der Waals surface area contributed by atoms with E-state index in [1.165, 1.54) is 25.9 Å². The number of nitrogens with zero attached hydrogens (tertiary/aromatic N) is 1. The van der Waals surface area contributed by atoms with E-state index in [0.717, 1.165) is 6.04 Å². The number of piperidine rings is 1. The topological polar surface area (TPSA) is 3.24 Å². The van der Waals surface area contributed by atoms with Crippen LogP contribution < -0.4 is 0 Å². The summed E-state index contributed by atoms with van der Waals surface area (Å²) in [6, 6.07) is 0.749. The Kier molecular flexibility index (Phi) is 5.66. The standard InChI is InChI=1S/C8H16N.W/c1-8(2)9-6-4-3-5-7-9;/h3,8H,4-7H2,1-2H3;/q-1;. The predicted molar refractivity (Wildman–Crippen MR) is 40.2 cm³/mol. The molecule has 0 aromatic carbocycles. The van der Waals surface area contributed by atoms with Crippen LogP contribution in [0.5, 0.6) is 0 Å². The molecule has 0 aromatic heterocycles. The summed E-state index contributed by atoms with van der Waals surface area (Å²) in [5.41, 5.74) is 0. The predicted octanol–water partition coefficient (Wildman–Crippen LogP) is 1.69. The smallest absolute Gasteiger partial charge is 0.00364 e. The monoisotopic (exact) mass is 310 g/mol. The van der Waals surface area contributed by atoms with Gasteiger partial charge in [-0.1, -0.05) is 0 Å². The van der Waals surface area contributed by atoms with Gasteiger partial charge in [0.25, 0.3) is 0 Å². The fourth-order valence-corrected chi connectivity index (χ4v) is 1.29. The molecule has 1 aliphatic rings. The Labute approximate surface area is 78.4 Å². The molecule has 0 radical (unpaired) electrons. The van der Waals surface area contributed by atoms with E-state index in [0.29, 0.717) is 0 Å². The van der Waals surface area contributed by atoms with Gasteiger partial charge in [0.2, 0.25) is 0 Å². The molecule has 0 bridgehead atoms. The van der Waals surface area contributed by atoms with Crippen molar-refractivity contribution in [3.63, 3.8) is 0 Å². The molecule has 1 rings (SSSR count). The van der Waals surface area contributed by atoms with Crippen LogP contribution in [0.2, 0.25) is 0 Å². The molecule has 0 N–H and O–H groups in total. The Morgan fingerprint density at radius 3 is 2.00 bits per heavy atom. The van der Waals surface area contributed by atoms with Gasteiger partial charge in [0, 0.05) is 27.1 Å². The maximum Gasteiger partial charge on any atom is 0.00364 e. The molecule has 0 unspecified atom stereocenters. The maximum atomic E-state index is 2.53. The molecule has 1 saturated heterocycles. The van der Waals surface area contributed by atoms with Crippen molar-refractivity contribution >= 4 is 0 Å². The van der Waals surface area contributed by atoms with E-state index in [9.17, 15) is 0 Å². The molecular weight excluding hydrogens is 294 g/mol. The van der Waals surface area contributed by atoms with Gasteiger partial charge >= 0.3 is 0 Å². The molecule has 0 atom stereocenters. The van der Waals surface area contributed by atoms with E-state index in [2.05, 4.69) is 25.2 Å². The van der Waals surface area contributed by atoms with Gasteiger partial charge in [-0.05, 0) is 26.9 Å². The third-order valence-corrected chi connectivity index (χ3v) is 1.97. The van der Waals surface area contributed by atoms with Crippen molar-refractivity contribution in [2.24, 2.45) is 0 Å². The fourth-order valence-electron chi connectivity index (χ4n) is 1.29. The first kappa shape index (κ1) is 10.6.